The zero-order valence-electron chi connectivity index (χ0n) is 11.0. The van der Waals surface area contributed by atoms with E-state index in [1.165, 1.54) is 0 Å². The number of carbonyl (C=O) groups is 2. The minimum absolute atomic E-state index is 0.200. The average molecular weight is 267 g/mol. The van der Waals surface area contributed by atoms with Gasteiger partial charge < -0.3 is 4.74 Å². The summed E-state index contributed by atoms with van der Waals surface area (Å²) in [5.41, 5.74) is 2.12. The first-order chi connectivity index (χ1) is 9.65. The molecule has 1 heterocycles. The molecule has 1 aliphatic rings. The molecule has 0 aromatic heterocycles. The number of rotatable bonds is 2. The molecule has 0 aliphatic carbocycles. The highest BCUT2D eigenvalue weighted by Crippen LogP contribution is 2.31. The minimum atomic E-state index is -0.402. The van der Waals surface area contributed by atoms with E-state index in [9.17, 15) is 9.59 Å². The molecule has 4 heteroatoms. The van der Waals surface area contributed by atoms with Gasteiger partial charge in [0.05, 0.1) is 12.0 Å². The van der Waals surface area contributed by atoms with Gasteiger partial charge in [-0.05, 0) is 30.2 Å². The molecule has 1 N–H and O–H groups in total. The van der Waals surface area contributed by atoms with E-state index in [0.717, 1.165) is 5.56 Å². The van der Waals surface area contributed by atoms with Crippen LogP contribution in [0.4, 0.5) is 0 Å². The smallest absolute Gasteiger partial charge is 0.261 e. The third kappa shape index (κ3) is 2.16. The first-order valence-corrected chi connectivity index (χ1v) is 6.34. The minimum Gasteiger partial charge on any atom is -0.456 e. The molecule has 0 saturated heterocycles. The van der Waals surface area contributed by atoms with Gasteiger partial charge in [0.15, 0.2) is 0 Å². The molecule has 4 nitrogen and oxygen atoms in total. The molecule has 3 rings (SSSR count). The van der Waals surface area contributed by atoms with Crippen molar-refractivity contribution in [2.75, 3.05) is 0 Å². The van der Waals surface area contributed by atoms with Crippen molar-refractivity contribution in [2.24, 2.45) is 0 Å². The number of para-hydroxylation sites is 1. The third-order valence-corrected chi connectivity index (χ3v) is 3.26. The summed E-state index contributed by atoms with van der Waals surface area (Å²) in [6.45, 7) is 1.94. The van der Waals surface area contributed by atoms with Crippen LogP contribution < -0.4 is 10.1 Å². The molecule has 2 amide bonds. The molecule has 1 aliphatic heterocycles. The number of imide groups is 1. The lowest BCUT2D eigenvalue weighted by molar-refractivity contribution is -0.119. The normalized spacial score (nSPS) is 13.7. The molecule has 0 fully saturated rings. The van der Waals surface area contributed by atoms with Crippen molar-refractivity contribution in [2.45, 2.75) is 13.3 Å². The number of nitrogens with one attached hydrogen (secondary N) is 1. The van der Waals surface area contributed by atoms with Crippen molar-refractivity contribution in [3.8, 4) is 11.5 Å². The molecule has 0 atom stereocenters. The van der Waals surface area contributed by atoms with Crippen LogP contribution in [0.15, 0.2) is 42.5 Å². The summed E-state index contributed by atoms with van der Waals surface area (Å²) in [7, 11) is 0. The summed E-state index contributed by atoms with van der Waals surface area (Å²) in [6, 6.07) is 12.9. The molecule has 2 aromatic carbocycles. The van der Waals surface area contributed by atoms with Gasteiger partial charge in [-0.3, -0.25) is 14.9 Å². The summed E-state index contributed by atoms with van der Waals surface area (Å²) in [6.07, 6.45) is 0.200. The maximum absolute atomic E-state index is 12.0. The number of hydrogen-bond acceptors (Lipinski definition) is 3. The molecule has 100 valence electrons. The van der Waals surface area contributed by atoms with E-state index < -0.39 is 5.91 Å². The van der Waals surface area contributed by atoms with Crippen LogP contribution in [0.25, 0.3) is 0 Å². The maximum Gasteiger partial charge on any atom is 0.261 e. The van der Waals surface area contributed by atoms with E-state index in [4.69, 9.17) is 4.74 Å². The number of carbonyl (C=O) groups excluding carboxylic acids is 2. The molecule has 2 aromatic rings. The Labute approximate surface area is 116 Å². The lowest BCUT2D eigenvalue weighted by Gasteiger charge is -2.19. The Morgan fingerprint density at radius 3 is 2.55 bits per heavy atom. The topological polar surface area (TPSA) is 55.4 Å². The van der Waals surface area contributed by atoms with E-state index >= 15 is 0 Å². The Kier molecular flexibility index (Phi) is 2.99. The highest BCUT2D eigenvalue weighted by atomic mass is 16.5. The van der Waals surface area contributed by atoms with Crippen LogP contribution in [0.1, 0.15) is 21.5 Å². The number of ether oxygens (including phenoxy) is 1. The van der Waals surface area contributed by atoms with Crippen LogP contribution in [0.5, 0.6) is 11.5 Å². The molecule has 0 unspecified atom stereocenters. The molecular weight excluding hydrogens is 254 g/mol. The predicted octanol–water partition coefficient (Wildman–Crippen LogP) is 2.60. The number of benzene rings is 2. The van der Waals surface area contributed by atoms with Crippen LogP contribution in [0.2, 0.25) is 0 Å². The first kappa shape index (κ1) is 12.4. The SMILES string of the molecule is Cc1ccccc1Oc1cccc2c1C(=O)NC(=O)C2. The fourth-order valence-electron chi connectivity index (χ4n) is 2.26. The fraction of sp³-hybridized carbons (Fsp3) is 0.125. The van der Waals surface area contributed by atoms with Gasteiger partial charge >= 0.3 is 0 Å². The molecule has 20 heavy (non-hydrogen) atoms. The van der Waals surface area contributed by atoms with Gasteiger partial charge in [0.25, 0.3) is 5.91 Å². The zero-order chi connectivity index (χ0) is 14.1. The van der Waals surface area contributed by atoms with E-state index in [0.29, 0.717) is 22.6 Å². The number of aryl methyl sites for hydroxylation is 1. The van der Waals surface area contributed by atoms with Crippen molar-refractivity contribution in [1.82, 2.24) is 5.32 Å². The van der Waals surface area contributed by atoms with Crippen LogP contribution in [-0.2, 0) is 11.2 Å². The van der Waals surface area contributed by atoms with Crippen molar-refractivity contribution < 1.29 is 14.3 Å². The summed E-state index contributed by atoms with van der Waals surface area (Å²) in [5, 5.41) is 2.32. The Balaban J connectivity index is 2.04. The van der Waals surface area contributed by atoms with E-state index in [-0.39, 0.29) is 12.3 Å². The quantitative estimate of drug-likeness (QED) is 0.851. The summed E-state index contributed by atoms with van der Waals surface area (Å²) < 4.78 is 5.84. The first-order valence-electron chi connectivity index (χ1n) is 6.34. The zero-order valence-corrected chi connectivity index (χ0v) is 11.0. The molecule has 0 radical (unpaired) electrons. The standard InChI is InChI=1S/C16H13NO3/c1-10-5-2-3-7-12(10)20-13-8-4-6-11-9-14(18)17-16(19)15(11)13/h2-8H,9H2,1H3,(H,17,18,19). The van der Waals surface area contributed by atoms with E-state index in [1.807, 2.05) is 31.2 Å². The van der Waals surface area contributed by atoms with Gasteiger partial charge in [0.1, 0.15) is 11.5 Å². The Hall–Kier alpha value is -2.62. The highest BCUT2D eigenvalue weighted by molar-refractivity contribution is 6.11. The van der Waals surface area contributed by atoms with Gasteiger partial charge in [-0.2, -0.15) is 0 Å². The van der Waals surface area contributed by atoms with Crippen molar-refractivity contribution in [1.29, 1.82) is 0 Å². The largest absolute Gasteiger partial charge is 0.456 e. The van der Waals surface area contributed by atoms with Crippen LogP contribution in [0, 0.1) is 6.92 Å². The van der Waals surface area contributed by atoms with Gasteiger partial charge in [-0.1, -0.05) is 30.3 Å². The number of hydrogen-bond donors (Lipinski definition) is 1. The van der Waals surface area contributed by atoms with Crippen LogP contribution in [0.3, 0.4) is 0 Å². The Morgan fingerprint density at radius 1 is 1.00 bits per heavy atom. The predicted molar refractivity (Wildman–Crippen MR) is 73.9 cm³/mol. The Morgan fingerprint density at radius 2 is 1.75 bits per heavy atom. The molecular formula is C16H13NO3. The second kappa shape index (κ2) is 4.81. The molecule has 0 spiro atoms. The van der Waals surface area contributed by atoms with Gasteiger partial charge in [-0.15, -0.1) is 0 Å². The van der Waals surface area contributed by atoms with Crippen molar-refractivity contribution in [3.63, 3.8) is 0 Å². The molecule has 0 saturated carbocycles. The van der Waals surface area contributed by atoms with Crippen LogP contribution in [-0.4, -0.2) is 11.8 Å². The lowest BCUT2D eigenvalue weighted by Crippen LogP contribution is -2.37. The van der Waals surface area contributed by atoms with Gasteiger partial charge in [0.2, 0.25) is 5.91 Å². The molecule has 0 bridgehead atoms. The second-order valence-electron chi connectivity index (χ2n) is 4.71. The number of amides is 2. The van der Waals surface area contributed by atoms with E-state index in [2.05, 4.69) is 5.32 Å². The fourth-order valence-corrected chi connectivity index (χ4v) is 2.26. The maximum atomic E-state index is 12.0. The van der Waals surface area contributed by atoms with Gasteiger partial charge in [0, 0.05) is 0 Å². The number of fused-ring (bicyclic) bond motifs is 1. The summed E-state index contributed by atoms with van der Waals surface area (Å²) >= 11 is 0. The van der Waals surface area contributed by atoms with E-state index in [1.54, 1.807) is 18.2 Å². The second-order valence-corrected chi connectivity index (χ2v) is 4.71. The monoisotopic (exact) mass is 267 g/mol. The van der Waals surface area contributed by atoms with Crippen LogP contribution >= 0.6 is 0 Å². The highest BCUT2D eigenvalue weighted by Gasteiger charge is 2.26. The lowest BCUT2D eigenvalue weighted by atomic mass is 9.99. The average Bonchev–Trinajstić information content (AvgIpc) is 2.41. The summed E-state index contributed by atoms with van der Waals surface area (Å²) in [5.74, 6) is 0.489. The Bertz CT molecular complexity index is 707. The van der Waals surface area contributed by atoms with Crippen molar-refractivity contribution >= 4 is 11.8 Å². The van der Waals surface area contributed by atoms with Crippen molar-refractivity contribution in [3.05, 3.63) is 59.2 Å². The summed E-state index contributed by atoms with van der Waals surface area (Å²) in [4.78, 5) is 23.4. The van der Waals surface area contributed by atoms with Gasteiger partial charge in [-0.25, -0.2) is 0 Å². The third-order valence-electron chi connectivity index (χ3n) is 3.26.